The molecule has 0 saturated heterocycles. The topological polar surface area (TPSA) is 40.5 Å². The smallest absolute Gasteiger partial charge is 0.102 e. The van der Waals surface area contributed by atoms with Crippen LogP contribution in [0.3, 0.4) is 0 Å². The van der Waals surface area contributed by atoms with Gasteiger partial charge in [0.25, 0.3) is 0 Å². The lowest BCUT2D eigenvalue weighted by Gasteiger charge is -2.09. The van der Waals surface area contributed by atoms with Crippen molar-refractivity contribution in [2.45, 2.75) is 6.10 Å². The van der Waals surface area contributed by atoms with Gasteiger partial charge in [-0.2, -0.15) is 0 Å². The van der Waals surface area contributed by atoms with E-state index in [9.17, 15) is 5.11 Å². The molecule has 0 heterocycles. The molecule has 16 heavy (non-hydrogen) atoms. The summed E-state index contributed by atoms with van der Waals surface area (Å²) in [5.41, 5.74) is 2.89. The van der Waals surface area contributed by atoms with Crippen LogP contribution < -0.4 is 0 Å². The van der Waals surface area contributed by atoms with Gasteiger partial charge in [0.2, 0.25) is 0 Å². The van der Waals surface area contributed by atoms with Gasteiger partial charge in [-0.15, -0.1) is 0 Å². The molecular weight excluding hydrogens is 200 g/mol. The van der Waals surface area contributed by atoms with E-state index in [1.807, 2.05) is 54.6 Å². The Bertz CT molecular complexity index is 451. The van der Waals surface area contributed by atoms with Crippen molar-refractivity contribution in [2.75, 3.05) is 6.61 Å². The van der Waals surface area contributed by atoms with E-state index in [1.165, 1.54) is 0 Å². The van der Waals surface area contributed by atoms with Gasteiger partial charge >= 0.3 is 0 Å². The second kappa shape index (κ2) is 4.92. The summed E-state index contributed by atoms with van der Waals surface area (Å²) in [5, 5.41) is 18.5. The average Bonchev–Trinajstić information content (AvgIpc) is 2.39. The van der Waals surface area contributed by atoms with Gasteiger partial charge in [0.1, 0.15) is 6.10 Å². The monoisotopic (exact) mass is 214 g/mol. The lowest BCUT2D eigenvalue weighted by atomic mass is 10.0. The van der Waals surface area contributed by atoms with Crippen molar-refractivity contribution in [3.05, 3.63) is 60.2 Å². The third kappa shape index (κ3) is 2.30. The van der Waals surface area contributed by atoms with Gasteiger partial charge in [0, 0.05) is 0 Å². The van der Waals surface area contributed by atoms with Crippen LogP contribution in [0.15, 0.2) is 54.6 Å². The minimum atomic E-state index is -0.802. The zero-order valence-corrected chi connectivity index (χ0v) is 8.88. The van der Waals surface area contributed by atoms with Crippen LogP contribution in [-0.4, -0.2) is 16.8 Å². The van der Waals surface area contributed by atoms with Crippen LogP contribution in [-0.2, 0) is 0 Å². The zero-order chi connectivity index (χ0) is 11.4. The maximum Gasteiger partial charge on any atom is 0.102 e. The quantitative estimate of drug-likeness (QED) is 0.823. The molecule has 2 nitrogen and oxygen atoms in total. The fourth-order valence-electron chi connectivity index (χ4n) is 1.66. The van der Waals surface area contributed by atoms with Crippen LogP contribution in [0.5, 0.6) is 0 Å². The van der Waals surface area contributed by atoms with Gasteiger partial charge in [0.15, 0.2) is 0 Å². The lowest BCUT2D eigenvalue weighted by molar-refractivity contribution is 0.0956. The Hall–Kier alpha value is -1.64. The Morgan fingerprint density at radius 3 is 2.25 bits per heavy atom. The largest absolute Gasteiger partial charge is 0.393 e. The van der Waals surface area contributed by atoms with Crippen molar-refractivity contribution in [1.29, 1.82) is 0 Å². The minimum Gasteiger partial charge on any atom is -0.393 e. The maximum absolute atomic E-state index is 9.55. The average molecular weight is 214 g/mol. The first-order chi connectivity index (χ1) is 7.81. The maximum atomic E-state index is 9.55. The van der Waals surface area contributed by atoms with Crippen LogP contribution in [0.4, 0.5) is 0 Å². The highest BCUT2D eigenvalue weighted by atomic mass is 16.3. The molecule has 0 fully saturated rings. The first kappa shape index (κ1) is 10.9. The molecule has 0 spiro atoms. The molecule has 0 aliphatic rings. The van der Waals surface area contributed by atoms with Gasteiger partial charge in [-0.1, -0.05) is 48.5 Å². The summed E-state index contributed by atoms with van der Waals surface area (Å²) >= 11 is 0. The molecule has 2 aromatic rings. The summed E-state index contributed by atoms with van der Waals surface area (Å²) in [6, 6.07) is 17.5. The summed E-state index contributed by atoms with van der Waals surface area (Å²) in [7, 11) is 0. The fourth-order valence-corrected chi connectivity index (χ4v) is 1.66. The molecule has 82 valence electrons. The molecule has 0 amide bonds. The van der Waals surface area contributed by atoms with Crippen LogP contribution in [0.2, 0.25) is 0 Å². The summed E-state index contributed by atoms with van der Waals surface area (Å²) in [4.78, 5) is 0. The van der Waals surface area contributed by atoms with Crippen LogP contribution in [0.1, 0.15) is 11.7 Å². The number of rotatable bonds is 3. The van der Waals surface area contributed by atoms with E-state index in [0.29, 0.717) is 0 Å². The van der Waals surface area contributed by atoms with Gasteiger partial charge < -0.3 is 10.2 Å². The Labute approximate surface area is 94.8 Å². The molecule has 0 saturated carbocycles. The summed E-state index contributed by atoms with van der Waals surface area (Å²) < 4.78 is 0. The minimum absolute atomic E-state index is 0.252. The molecule has 0 aliphatic carbocycles. The third-order valence-corrected chi connectivity index (χ3v) is 2.55. The molecule has 0 aliphatic heterocycles. The molecule has 0 bridgehead atoms. The van der Waals surface area contributed by atoms with E-state index in [0.717, 1.165) is 16.7 Å². The normalized spacial score (nSPS) is 12.4. The Kier molecular flexibility index (Phi) is 3.34. The molecule has 0 radical (unpaired) electrons. The molecule has 2 N–H and O–H groups in total. The van der Waals surface area contributed by atoms with Crippen molar-refractivity contribution >= 4 is 0 Å². The predicted molar refractivity (Wildman–Crippen MR) is 63.9 cm³/mol. The highest BCUT2D eigenvalue weighted by molar-refractivity contribution is 5.64. The number of aliphatic hydroxyl groups is 2. The van der Waals surface area contributed by atoms with Crippen LogP contribution in [0.25, 0.3) is 11.1 Å². The van der Waals surface area contributed by atoms with Crippen molar-refractivity contribution in [2.24, 2.45) is 0 Å². The predicted octanol–water partition coefficient (Wildman–Crippen LogP) is 2.38. The second-order valence-corrected chi connectivity index (χ2v) is 3.69. The first-order valence-electron chi connectivity index (χ1n) is 5.25. The zero-order valence-electron chi connectivity index (χ0n) is 8.88. The Balaban J connectivity index is 2.36. The molecule has 2 heteroatoms. The Morgan fingerprint density at radius 1 is 0.875 bits per heavy atom. The molecule has 1 atom stereocenters. The number of aliphatic hydroxyl groups excluding tert-OH is 2. The molecule has 0 aromatic heterocycles. The number of hydrogen-bond donors (Lipinski definition) is 2. The van der Waals surface area contributed by atoms with Crippen molar-refractivity contribution < 1.29 is 10.2 Å². The highest BCUT2D eigenvalue weighted by Gasteiger charge is 2.06. The molecular formula is C14H14O2. The van der Waals surface area contributed by atoms with Crippen molar-refractivity contribution in [3.8, 4) is 11.1 Å². The van der Waals surface area contributed by atoms with Gasteiger partial charge in [-0.3, -0.25) is 0 Å². The van der Waals surface area contributed by atoms with Crippen molar-refractivity contribution in [3.63, 3.8) is 0 Å². The van der Waals surface area contributed by atoms with E-state index in [1.54, 1.807) is 0 Å². The SMILES string of the molecule is OC[C@H](O)c1cccc(-c2ccccc2)c1. The lowest BCUT2D eigenvalue weighted by Crippen LogP contribution is -2.02. The number of benzene rings is 2. The third-order valence-electron chi connectivity index (χ3n) is 2.55. The molecule has 2 rings (SSSR count). The number of hydrogen-bond acceptors (Lipinski definition) is 2. The highest BCUT2D eigenvalue weighted by Crippen LogP contribution is 2.22. The van der Waals surface area contributed by atoms with Crippen molar-refractivity contribution in [1.82, 2.24) is 0 Å². The standard InChI is InChI=1S/C14H14O2/c15-10-14(16)13-8-4-7-12(9-13)11-5-2-1-3-6-11/h1-9,14-16H,10H2/t14-/m0/s1. The Morgan fingerprint density at radius 2 is 1.56 bits per heavy atom. The summed E-state index contributed by atoms with van der Waals surface area (Å²) in [6.45, 7) is -0.252. The van der Waals surface area contributed by atoms with E-state index < -0.39 is 6.10 Å². The second-order valence-electron chi connectivity index (χ2n) is 3.69. The first-order valence-corrected chi connectivity index (χ1v) is 5.25. The summed E-state index contributed by atoms with van der Waals surface area (Å²) in [5.74, 6) is 0. The molecule has 2 aromatic carbocycles. The van der Waals surface area contributed by atoms with Crippen LogP contribution >= 0.6 is 0 Å². The summed E-state index contributed by atoms with van der Waals surface area (Å²) in [6.07, 6.45) is -0.802. The van der Waals surface area contributed by atoms with E-state index >= 15 is 0 Å². The van der Waals surface area contributed by atoms with Gasteiger partial charge in [-0.05, 0) is 22.8 Å². The molecule has 0 unspecified atom stereocenters. The van der Waals surface area contributed by atoms with E-state index in [2.05, 4.69) is 0 Å². The fraction of sp³-hybridized carbons (Fsp3) is 0.143. The van der Waals surface area contributed by atoms with E-state index in [4.69, 9.17) is 5.11 Å². The van der Waals surface area contributed by atoms with Gasteiger partial charge in [-0.25, -0.2) is 0 Å². The van der Waals surface area contributed by atoms with E-state index in [-0.39, 0.29) is 6.61 Å². The van der Waals surface area contributed by atoms with Gasteiger partial charge in [0.05, 0.1) is 6.61 Å². The van der Waals surface area contributed by atoms with Crippen LogP contribution in [0, 0.1) is 0 Å².